The van der Waals surface area contributed by atoms with Crippen molar-refractivity contribution >= 4 is 7.25 Å². The van der Waals surface area contributed by atoms with Crippen LogP contribution in [0.4, 0.5) is 17.3 Å². The molecule has 0 amide bonds. The lowest BCUT2D eigenvalue weighted by Gasteiger charge is -2.20. The van der Waals surface area contributed by atoms with E-state index >= 15 is 0 Å². The normalized spacial score (nSPS) is 15.9. The standard InChI is InChI=1S/C8H13N.BF4/c1-3-9-6-4-5-8(2)7-9;2-1(3,4)5/h4-6H,3,7H2,1-2H3;/q;-1. The highest BCUT2D eigenvalue weighted by molar-refractivity contribution is 6.50. The van der Waals surface area contributed by atoms with E-state index in [4.69, 9.17) is 0 Å². The number of hydrogen-bond acceptors (Lipinski definition) is 1. The average molecular weight is 210 g/mol. The molecule has 1 aliphatic heterocycles. The first kappa shape index (κ1) is 13.1. The monoisotopic (exact) mass is 210 g/mol. The minimum atomic E-state index is -6.00. The van der Waals surface area contributed by atoms with Crippen LogP contribution in [0.25, 0.3) is 0 Å². The summed E-state index contributed by atoms with van der Waals surface area (Å²) in [5.74, 6) is 0. The second kappa shape index (κ2) is 5.72. The molecule has 1 rings (SSSR count). The van der Waals surface area contributed by atoms with Crippen LogP contribution in [-0.2, 0) is 0 Å². The molecule has 1 aliphatic rings. The summed E-state index contributed by atoms with van der Waals surface area (Å²) in [6.45, 7) is 6.55. The van der Waals surface area contributed by atoms with Gasteiger partial charge in [0.05, 0.1) is 0 Å². The Balaban J connectivity index is 0.000000292. The van der Waals surface area contributed by atoms with Crippen LogP contribution in [0.5, 0.6) is 0 Å². The van der Waals surface area contributed by atoms with E-state index in [-0.39, 0.29) is 0 Å². The summed E-state index contributed by atoms with van der Waals surface area (Å²) < 4.78 is 39.0. The Morgan fingerprint density at radius 3 is 2.14 bits per heavy atom. The average Bonchev–Trinajstić information content (AvgIpc) is 2.01. The molecular formula is C8H13BF4N-. The number of hydrogen-bond donors (Lipinski definition) is 0. The highest BCUT2D eigenvalue weighted by atomic mass is 19.5. The minimum Gasteiger partial charge on any atom is -0.418 e. The Morgan fingerprint density at radius 2 is 1.86 bits per heavy atom. The zero-order chi connectivity index (χ0) is 11.2. The van der Waals surface area contributed by atoms with E-state index in [9.17, 15) is 17.3 Å². The maximum atomic E-state index is 9.75. The number of likely N-dealkylation sites (N-methyl/N-ethyl adjacent to an activating group) is 1. The molecule has 0 spiro atoms. The van der Waals surface area contributed by atoms with E-state index in [1.165, 1.54) is 5.57 Å². The van der Waals surface area contributed by atoms with Gasteiger partial charge in [0.15, 0.2) is 0 Å². The molecule has 0 radical (unpaired) electrons. The fraction of sp³-hybridized carbons (Fsp3) is 0.500. The summed E-state index contributed by atoms with van der Waals surface area (Å²) in [7, 11) is -6.00. The van der Waals surface area contributed by atoms with Crippen LogP contribution in [-0.4, -0.2) is 25.2 Å². The van der Waals surface area contributed by atoms with Gasteiger partial charge >= 0.3 is 7.25 Å². The molecule has 0 aromatic heterocycles. The third kappa shape index (κ3) is 9.16. The predicted molar refractivity (Wildman–Crippen MR) is 50.3 cm³/mol. The lowest BCUT2D eigenvalue weighted by atomic mass is 10.2. The Labute approximate surface area is 81.2 Å². The molecule has 0 atom stereocenters. The van der Waals surface area contributed by atoms with Gasteiger partial charge in [-0.05, 0) is 26.1 Å². The van der Waals surface area contributed by atoms with Crippen LogP contribution in [0.1, 0.15) is 13.8 Å². The van der Waals surface area contributed by atoms with E-state index < -0.39 is 7.25 Å². The fourth-order valence-electron chi connectivity index (χ4n) is 0.972. The predicted octanol–water partition coefficient (Wildman–Crippen LogP) is 3.08. The van der Waals surface area contributed by atoms with Gasteiger partial charge in [-0.15, -0.1) is 0 Å². The van der Waals surface area contributed by atoms with Gasteiger partial charge in [0.25, 0.3) is 0 Å². The molecule has 14 heavy (non-hydrogen) atoms. The molecule has 0 unspecified atom stereocenters. The van der Waals surface area contributed by atoms with Crippen molar-refractivity contribution in [2.24, 2.45) is 0 Å². The Hall–Kier alpha value is -0.935. The summed E-state index contributed by atoms with van der Waals surface area (Å²) in [5.41, 5.74) is 1.44. The Morgan fingerprint density at radius 1 is 1.36 bits per heavy atom. The molecule has 0 fully saturated rings. The zero-order valence-corrected chi connectivity index (χ0v) is 8.18. The number of halogens is 4. The lowest BCUT2D eigenvalue weighted by Crippen LogP contribution is -2.20. The van der Waals surface area contributed by atoms with Gasteiger partial charge in [-0.2, -0.15) is 0 Å². The molecule has 0 bridgehead atoms. The second-order valence-corrected chi connectivity index (χ2v) is 2.91. The molecule has 0 aromatic carbocycles. The van der Waals surface area contributed by atoms with E-state index in [1.807, 2.05) is 0 Å². The van der Waals surface area contributed by atoms with Crippen molar-refractivity contribution in [3.05, 3.63) is 23.9 Å². The van der Waals surface area contributed by atoms with Gasteiger partial charge in [0.2, 0.25) is 0 Å². The summed E-state index contributed by atoms with van der Waals surface area (Å²) in [6.07, 6.45) is 6.39. The molecule has 0 aromatic rings. The summed E-state index contributed by atoms with van der Waals surface area (Å²) in [6, 6.07) is 0. The number of rotatable bonds is 1. The third-order valence-electron chi connectivity index (χ3n) is 1.54. The zero-order valence-electron chi connectivity index (χ0n) is 8.18. The molecular weight excluding hydrogens is 197 g/mol. The molecule has 0 saturated carbocycles. The van der Waals surface area contributed by atoms with Gasteiger partial charge < -0.3 is 22.2 Å². The van der Waals surface area contributed by atoms with E-state index in [1.54, 1.807) is 0 Å². The molecule has 0 aliphatic carbocycles. The smallest absolute Gasteiger partial charge is 0.418 e. The van der Waals surface area contributed by atoms with Gasteiger partial charge in [0, 0.05) is 13.1 Å². The van der Waals surface area contributed by atoms with Crippen molar-refractivity contribution in [2.45, 2.75) is 13.8 Å². The SMILES string of the molecule is CCN1C=CC=C(C)C1.F[B-](F)(F)F. The van der Waals surface area contributed by atoms with Crippen LogP contribution in [0.3, 0.4) is 0 Å². The van der Waals surface area contributed by atoms with Gasteiger partial charge in [0.1, 0.15) is 0 Å². The van der Waals surface area contributed by atoms with E-state index in [2.05, 4.69) is 37.1 Å². The van der Waals surface area contributed by atoms with Crippen molar-refractivity contribution in [3.63, 3.8) is 0 Å². The van der Waals surface area contributed by atoms with Gasteiger partial charge in [-0.1, -0.05) is 11.6 Å². The molecule has 1 heterocycles. The van der Waals surface area contributed by atoms with E-state index in [0.717, 1.165) is 13.1 Å². The van der Waals surface area contributed by atoms with Crippen molar-refractivity contribution in [2.75, 3.05) is 13.1 Å². The summed E-state index contributed by atoms with van der Waals surface area (Å²) in [5, 5.41) is 0. The minimum absolute atomic E-state index is 1.10. The lowest BCUT2D eigenvalue weighted by molar-refractivity contribution is 0.368. The van der Waals surface area contributed by atoms with Crippen molar-refractivity contribution in [1.82, 2.24) is 4.90 Å². The number of nitrogens with zero attached hydrogens (tertiary/aromatic N) is 1. The van der Waals surface area contributed by atoms with Crippen molar-refractivity contribution < 1.29 is 17.3 Å². The van der Waals surface area contributed by atoms with Gasteiger partial charge in [-0.3, -0.25) is 0 Å². The molecule has 82 valence electrons. The maximum Gasteiger partial charge on any atom is 0.673 e. The molecule has 6 heteroatoms. The third-order valence-corrected chi connectivity index (χ3v) is 1.54. The van der Waals surface area contributed by atoms with Crippen LogP contribution in [0, 0.1) is 0 Å². The maximum absolute atomic E-state index is 9.75. The molecule has 0 N–H and O–H groups in total. The second-order valence-electron chi connectivity index (χ2n) is 2.91. The quantitative estimate of drug-likeness (QED) is 0.474. The first-order valence-electron chi connectivity index (χ1n) is 4.28. The van der Waals surface area contributed by atoms with Crippen LogP contribution >= 0.6 is 0 Å². The highest BCUT2D eigenvalue weighted by Crippen LogP contribution is 2.06. The van der Waals surface area contributed by atoms with Crippen molar-refractivity contribution in [1.29, 1.82) is 0 Å². The first-order valence-corrected chi connectivity index (χ1v) is 4.28. The topological polar surface area (TPSA) is 3.24 Å². The van der Waals surface area contributed by atoms with Gasteiger partial charge in [-0.25, -0.2) is 0 Å². The van der Waals surface area contributed by atoms with E-state index in [0.29, 0.717) is 0 Å². The summed E-state index contributed by atoms with van der Waals surface area (Å²) in [4.78, 5) is 2.29. The Kier molecular flexibility index (Phi) is 5.34. The first-order chi connectivity index (χ1) is 6.33. The van der Waals surface area contributed by atoms with Crippen LogP contribution < -0.4 is 0 Å². The molecule has 0 saturated heterocycles. The highest BCUT2D eigenvalue weighted by Gasteiger charge is 2.20. The Bertz CT molecular complexity index is 216. The largest absolute Gasteiger partial charge is 0.673 e. The molecule has 1 nitrogen and oxygen atoms in total. The number of allylic oxidation sites excluding steroid dienone is 2. The fourth-order valence-corrected chi connectivity index (χ4v) is 0.972. The van der Waals surface area contributed by atoms with Crippen molar-refractivity contribution in [3.8, 4) is 0 Å². The van der Waals surface area contributed by atoms with Crippen LogP contribution in [0.15, 0.2) is 23.9 Å². The summed E-state index contributed by atoms with van der Waals surface area (Å²) >= 11 is 0. The van der Waals surface area contributed by atoms with Crippen LogP contribution in [0.2, 0.25) is 0 Å².